The van der Waals surface area contributed by atoms with Gasteiger partial charge in [-0.2, -0.15) is 4.98 Å². The van der Waals surface area contributed by atoms with Gasteiger partial charge in [0.1, 0.15) is 5.82 Å². The Balaban J connectivity index is 1.76. The van der Waals surface area contributed by atoms with Crippen molar-refractivity contribution < 1.29 is 4.52 Å². The number of benzene rings is 1. The van der Waals surface area contributed by atoms with Crippen LogP contribution >= 0.6 is 0 Å². The second-order valence-corrected chi connectivity index (χ2v) is 6.50. The maximum absolute atomic E-state index is 5.39. The van der Waals surface area contributed by atoms with Gasteiger partial charge in [-0.05, 0) is 42.7 Å². The standard InChI is InChI=1S/C21H21N5O/c1-3-5-18-24-21(26-27-18)17-12-16-7-4-6-14(2)19(16)25-20(17)23-13-15-8-10-22-11-9-15/h4,6-12H,3,5,13H2,1-2H3,(H,23,25). The lowest BCUT2D eigenvalue weighted by Crippen LogP contribution is -2.04. The SMILES string of the molecule is CCCc1nc(-c2cc3cccc(C)c3nc2NCc2ccncc2)no1. The molecule has 0 unspecified atom stereocenters. The predicted molar refractivity (Wildman–Crippen MR) is 105 cm³/mol. The molecule has 0 saturated heterocycles. The Morgan fingerprint density at radius 1 is 1.07 bits per heavy atom. The molecule has 0 fully saturated rings. The van der Waals surface area contributed by atoms with Gasteiger partial charge >= 0.3 is 0 Å². The summed E-state index contributed by atoms with van der Waals surface area (Å²) >= 11 is 0. The van der Waals surface area contributed by atoms with Crippen molar-refractivity contribution in [1.82, 2.24) is 20.1 Å². The summed E-state index contributed by atoms with van der Waals surface area (Å²) in [5.41, 5.74) is 4.07. The summed E-state index contributed by atoms with van der Waals surface area (Å²) < 4.78 is 5.39. The van der Waals surface area contributed by atoms with Crippen LogP contribution in [0, 0.1) is 6.92 Å². The molecule has 0 saturated carbocycles. The Bertz CT molecular complexity index is 1060. The molecule has 0 radical (unpaired) electrons. The van der Waals surface area contributed by atoms with E-state index in [-0.39, 0.29) is 0 Å². The third-order valence-corrected chi connectivity index (χ3v) is 4.43. The topological polar surface area (TPSA) is 76.7 Å². The number of aromatic nitrogens is 4. The molecule has 6 heteroatoms. The molecule has 27 heavy (non-hydrogen) atoms. The normalized spacial score (nSPS) is 11.0. The zero-order valence-corrected chi connectivity index (χ0v) is 15.4. The molecule has 0 atom stereocenters. The smallest absolute Gasteiger partial charge is 0.226 e. The third kappa shape index (κ3) is 3.65. The predicted octanol–water partition coefficient (Wildman–Crippen LogP) is 4.55. The van der Waals surface area contributed by atoms with E-state index in [0.29, 0.717) is 18.3 Å². The monoisotopic (exact) mass is 359 g/mol. The molecular weight excluding hydrogens is 338 g/mol. The van der Waals surface area contributed by atoms with Crippen LogP contribution in [0.3, 0.4) is 0 Å². The molecule has 0 aliphatic rings. The molecule has 4 rings (SSSR count). The molecule has 6 nitrogen and oxygen atoms in total. The molecular formula is C21H21N5O. The van der Waals surface area contributed by atoms with Gasteiger partial charge in [0.15, 0.2) is 0 Å². The molecule has 0 amide bonds. The second kappa shape index (κ2) is 7.53. The molecule has 0 bridgehead atoms. The van der Waals surface area contributed by atoms with E-state index in [2.05, 4.69) is 52.5 Å². The van der Waals surface area contributed by atoms with E-state index < -0.39 is 0 Å². The fourth-order valence-electron chi connectivity index (χ4n) is 3.02. The van der Waals surface area contributed by atoms with E-state index in [9.17, 15) is 0 Å². The van der Waals surface area contributed by atoms with Gasteiger partial charge in [0.25, 0.3) is 0 Å². The number of pyridine rings is 2. The number of para-hydroxylation sites is 1. The summed E-state index contributed by atoms with van der Waals surface area (Å²) in [6, 6.07) is 12.2. The number of nitrogens with zero attached hydrogens (tertiary/aromatic N) is 4. The third-order valence-electron chi connectivity index (χ3n) is 4.43. The van der Waals surface area contributed by atoms with Crippen LogP contribution in [0.4, 0.5) is 5.82 Å². The van der Waals surface area contributed by atoms with Crippen LogP contribution in [0.15, 0.2) is 53.3 Å². The van der Waals surface area contributed by atoms with E-state index in [1.807, 2.05) is 18.2 Å². The van der Waals surface area contributed by atoms with Crippen LogP contribution in [-0.2, 0) is 13.0 Å². The first-order valence-electron chi connectivity index (χ1n) is 9.10. The fraction of sp³-hybridized carbons (Fsp3) is 0.238. The van der Waals surface area contributed by atoms with Gasteiger partial charge in [0.05, 0.1) is 11.1 Å². The summed E-state index contributed by atoms with van der Waals surface area (Å²) in [6.45, 7) is 4.79. The highest BCUT2D eigenvalue weighted by molar-refractivity contribution is 5.89. The van der Waals surface area contributed by atoms with Crippen molar-refractivity contribution >= 4 is 16.7 Å². The lowest BCUT2D eigenvalue weighted by atomic mass is 10.1. The summed E-state index contributed by atoms with van der Waals surface area (Å²) in [4.78, 5) is 13.5. The lowest BCUT2D eigenvalue weighted by Gasteiger charge is -2.12. The van der Waals surface area contributed by atoms with Gasteiger partial charge in [0, 0.05) is 30.7 Å². The van der Waals surface area contributed by atoms with E-state index >= 15 is 0 Å². The highest BCUT2D eigenvalue weighted by atomic mass is 16.5. The fourth-order valence-corrected chi connectivity index (χ4v) is 3.02. The van der Waals surface area contributed by atoms with Crippen molar-refractivity contribution in [2.45, 2.75) is 33.2 Å². The highest BCUT2D eigenvalue weighted by Crippen LogP contribution is 2.30. The Morgan fingerprint density at radius 2 is 1.93 bits per heavy atom. The number of hydrogen-bond acceptors (Lipinski definition) is 6. The molecule has 0 spiro atoms. The molecule has 1 aromatic carbocycles. The van der Waals surface area contributed by atoms with Crippen molar-refractivity contribution in [1.29, 1.82) is 0 Å². The van der Waals surface area contributed by atoms with Crippen molar-refractivity contribution in [2.75, 3.05) is 5.32 Å². The molecule has 136 valence electrons. The van der Waals surface area contributed by atoms with E-state index in [1.165, 1.54) is 0 Å². The van der Waals surface area contributed by atoms with Crippen molar-refractivity contribution in [3.05, 3.63) is 65.8 Å². The van der Waals surface area contributed by atoms with Crippen molar-refractivity contribution in [2.24, 2.45) is 0 Å². The van der Waals surface area contributed by atoms with Crippen molar-refractivity contribution in [3.8, 4) is 11.4 Å². The first-order valence-corrected chi connectivity index (χ1v) is 9.10. The molecule has 1 N–H and O–H groups in total. The summed E-state index contributed by atoms with van der Waals surface area (Å²) in [5, 5.41) is 8.66. The molecule has 3 aromatic heterocycles. The van der Waals surface area contributed by atoms with E-state index in [1.54, 1.807) is 12.4 Å². The number of aryl methyl sites for hydroxylation is 2. The number of nitrogens with one attached hydrogen (secondary N) is 1. The van der Waals surface area contributed by atoms with Crippen LogP contribution in [0.25, 0.3) is 22.3 Å². The summed E-state index contributed by atoms with van der Waals surface area (Å²) in [6.07, 6.45) is 5.30. The maximum Gasteiger partial charge on any atom is 0.226 e. The van der Waals surface area contributed by atoms with Crippen LogP contribution in [0.2, 0.25) is 0 Å². The van der Waals surface area contributed by atoms with Crippen LogP contribution in [0.1, 0.15) is 30.4 Å². The Kier molecular flexibility index (Phi) is 4.78. The zero-order valence-electron chi connectivity index (χ0n) is 15.4. The molecule has 4 aromatic rings. The minimum atomic E-state index is 0.562. The lowest BCUT2D eigenvalue weighted by molar-refractivity contribution is 0.378. The Morgan fingerprint density at radius 3 is 2.74 bits per heavy atom. The van der Waals surface area contributed by atoms with E-state index in [4.69, 9.17) is 9.51 Å². The van der Waals surface area contributed by atoms with Gasteiger partial charge in [-0.25, -0.2) is 4.98 Å². The minimum absolute atomic E-state index is 0.562. The van der Waals surface area contributed by atoms with Gasteiger partial charge < -0.3 is 9.84 Å². The average Bonchev–Trinajstić information content (AvgIpc) is 3.16. The Labute approximate surface area is 157 Å². The summed E-state index contributed by atoms with van der Waals surface area (Å²) in [5.74, 6) is 1.96. The van der Waals surface area contributed by atoms with Crippen LogP contribution in [0.5, 0.6) is 0 Å². The minimum Gasteiger partial charge on any atom is -0.365 e. The van der Waals surface area contributed by atoms with Gasteiger partial charge in [-0.3, -0.25) is 4.98 Å². The van der Waals surface area contributed by atoms with Gasteiger partial charge in [-0.1, -0.05) is 30.3 Å². The number of fused-ring (bicyclic) bond motifs is 1. The largest absolute Gasteiger partial charge is 0.365 e. The molecule has 0 aliphatic carbocycles. The highest BCUT2D eigenvalue weighted by Gasteiger charge is 2.16. The molecule has 0 aliphatic heterocycles. The first kappa shape index (κ1) is 17.1. The summed E-state index contributed by atoms with van der Waals surface area (Å²) in [7, 11) is 0. The van der Waals surface area contributed by atoms with Crippen LogP contribution < -0.4 is 5.32 Å². The average molecular weight is 359 g/mol. The van der Waals surface area contributed by atoms with Gasteiger partial charge in [-0.15, -0.1) is 0 Å². The first-order chi connectivity index (χ1) is 13.2. The molecule has 3 heterocycles. The van der Waals surface area contributed by atoms with E-state index in [0.717, 1.165) is 46.3 Å². The number of hydrogen-bond donors (Lipinski definition) is 1. The number of anilines is 1. The number of rotatable bonds is 6. The maximum atomic E-state index is 5.39. The second-order valence-electron chi connectivity index (χ2n) is 6.50. The van der Waals surface area contributed by atoms with Crippen LogP contribution in [-0.4, -0.2) is 20.1 Å². The zero-order chi connectivity index (χ0) is 18.6. The van der Waals surface area contributed by atoms with Crippen molar-refractivity contribution in [3.63, 3.8) is 0 Å². The van der Waals surface area contributed by atoms with Gasteiger partial charge in [0.2, 0.25) is 11.7 Å². The quantitative estimate of drug-likeness (QED) is 0.544. The Hall–Kier alpha value is -3.28.